The molecule has 2 N–H and O–H groups in total. The average molecular weight is 336 g/mol. The zero-order valence-corrected chi connectivity index (χ0v) is 13.2. The molecule has 7 nitrogen and oxygen atoms in total. The molecular formula is C15H16N2O5S. The van der Waals surface area contributed by atoms with Crippen LogP contribution in [-0.4, -0.2) is 38.1 Å². The van der Waals surface area contributed by atoms with E-state index in [9.17, 15) is 18.3 Å². The second-order valence-corrected chi connectivity index (χ2v) is 6.48. The Kier molecular flexibility index (Phi) is 5.30. The molecule has 2 rings (SSSR count). The van der Waals surface area contributed by atoms with E-state index in [2.05, 4.69) is 9.71 Å². The Morgan fingerprint density at radius 2 is 2.00 bits per heavy atom. The molecule has 0 fully saturated rings. The van der Waals surface area contributed by atoms with Gasteiger partial charge < -0.3 is 9.84 Å². The summed E-state index contributed by atoms with van der Waals surface area (Å²) in [5.74, 6) is -1.79. The minimum absolute atomic E-state index is 0.0888. The van der Waals surface area contributed by atoms with Gasteiger partial charge in [0, 0.05) is 18.8 Å². The molecule has 0 saturated carbocycles. The molecule has 1 aromatic carbocycles. The van der Waals surface area contributed by atoms with Crippen LogP contribution >= 0.6 is 0 Å². The number of rotatable bonds is 7. The number of hydrogen-bond acceptors (Lipinski definition) is 5. The topological polar surface area (TPSA) is 106 Å². The summed E-state index contributed by atoms with van der Waals surface area (Å²) in [5, 5.41) is 9.31. The molecule has 122 valence electrons. The second-order valence-electron chi connectivity index (χ2n) is 4.71. The lowest BCUT2D eigenvalue weighted by Gasteiger charge is -2.14. The van der Waals surface area contributed by atoms with Crippen molar-refractivity contribution >= 4 is 16.0 Å². The maximum Gasteiger partial charge on any atom is 0.312 e. The van der Waals surface area contributed by atoms with E-state index in [-0.39, 0.29) is 11.4 Å². The van der Waals surface area contributed by atoms with E-state index in [4.69, 9.17) is 4.74 Å². The highest BCUT2D eigenvalue weighted by Crippen LogP contribution is 2.18. The number of benzene rings is 1. The van der Waals surface area contributed by atoms with Crippen molar-refractivity contribution in [3.8, 4) is 5.75 Å². The zero-order valence-electron chi connectivity index (χ0n) is 12.3. The monoisotopic (exact) mass is 336 g/mol. The van der Waals surface area contributed by atoms with Crippen LogP contribution in [-0.2, 0) is 14.8 Å². The molecular weight excluding hydrogens is 320 g/mol. The van der Waals surface area contributed by atoms with E-state index < -0.39 is 21.9 Å². The van der Waals surface area contributed by atoms with Crippen molar-refractivity contribution in [3.05, 3.63) is 54.4 Å². The summed E-state index contributed by atoms with van der Waals surface area (Å²) in [7, 11) is -2.49. The van der Waals surface area contributed by atoms with Crippen molar-refractivity contribution in [2.75, 3.05) is 13.7 Å². The summed E-state index contributed by atoms with van der Waals surface area (Å²) in [5.41, 5.74) is 0.520. The summed E-state index contributed by atoms with van der Waals surface area (Å²) in [6, 6.07) is 9.75. The Balaban J connectivity index is 2.18. The fourth-order valence-corrected chi connectivity index (χ4v) is 2.99. The van der Waals surface area contributed by atoms with Crippen molar-refractivity contribution in [3.63, 3.8) is 0 Å². The lowest BCUT2D eigenvalue weighted by atomic mass is 10.00. The van der Waals surface area contributed by atoms with Crippen LogP contribution in [0.15, 0.2) is 53.7 Å². The van der Waals surface area contributed by atoms with Crippen LogP contribution in [0.2, 0.25) is 0 Å². The summed E-state index contributed by atoms with van der Waals surface area (Å²) in [4.78, 5) is 15.1. The molecule has 23 heavy (non-hydrogen) atoms. The number of carboxylic acids is 1. The van der Waals surface area contributed by atoms with Gasteiger partial charge in [-0.3, -0.25) is 9.78 Å². The number of ether oxygens (including phenoxy) is 1. The molecule has 1 heterocycles. The predicted octanol–water partition coefficient (Wildman–Crippen LogP) is 1.24. The van der Waals surface area contributed by atoms with Crippen molar-refractivity contribution < 1.29 is 23.1 Å². The largest absolute Gasteiger partial charge is 0.495 e. The number of aromatic nitrogens is 1. The van der Waals surface area contributed by atoms with Crippen molar-refractivity contribution in [2.45, 2.75) is 10.8 Å². The van der Waals surface area contributed by atoms with E-state index >= 15 is 0 Å². The van der Waals surface area contributed by atoms with Gasteiger partial charge in [-0.05, 0) is 5.56 Å². The molecule has 0 amide bonds. The van der Waals surface area contributed by atoms with Gasteiger partial charge in [-0.15, -0.1) is 0 Å². The second kappa shape index (κ2) is 7.21. The number of nitrogens with zero attached hydrogens (tertiary/aromatic N) is 1. The third-order valence-corrected chi connectivity index (χ3v) is 4.60. The van der Waals surface area contributed by atoms with E-state index in [1.165, 1.54) is 25.6 Å². The van der Waals surface area contributed by atoms with Crippen molar-refractivity contribution in [1.82, 2.24) is 9.71 Å². The van der Waals surface area contributed by atoms with E-state index in [0.717, 1.165) is 0 Å². The highest BCUT2D eigenvalue weighted by Gasteiger charge is 2.23. The summed E-state index contributed by atoms with van der Waals surface area (Å²) >= 11 is 0. The van der Waals surface area contributed by atoms with Gasteiger partial charge in [-0.2, -0.15) is 0 Å². The molecule has 0 bridgehead atoms. The Labute approximate surface area is 134 Å². The molecule has 2 aromatic rings. The highest BCUT2D eigenvalue weighted by molar-refractivity contribution is 7.89. The van der Waals surface area contributed by atoms with Crippen LogP contribution in [0.25, 0.3) is 0 Å². The SMILES string of the molecule is COc1cncc(S(=O)(=O)NCC(C(=O)O)c2ccccc2)c1. The number of aliphatic carboxylic acids is 1. The summed E-state index contributed by atoms with van der Waals surface area (Å²) < 4.78 is 31.8. The van der Waals surface area contributed by atoms with Crippen LogP contribution in [0.4, 0.5) is 0 Å². The maximum atomic E-state index is 12.3. The van der Waals surface area contributed by atoms with Crippen LogP contribution in [0.3, 0.4) is 0 Å². The van der Waals surface area contributed by atoms with Gasteiger partial charge >= 0.3 is 5.97 Å². The zero-order chi connectivity index (χ0) is 16.9. The van der Waals surface area contributed by atoms with E-state index in [1.807, 2.05) is 0 Å². The standard InChI is InChI=1S/C15H16N2O5S/c1-22-12-7-13(9-16-8-12)23(20,21)17-10-14(15(18)19)11-5-3-2-4-6-11/h2-9,14,17H,10H2,1H3,(H,18,19). The van der Waals surface area contributed by atoms with Gasteiger partial charge in [0.25, 0.3) is 0 Å². The van der Waals surface area contributed by atoms with Crippen LogP contribution in [0.1, 0.15) is 11.5 Å². The number of carboxylic acid groups (broad SMARTS) is 1. The Bertz CT molecular complexity index is 777. The number of nitrogens with one attached hydrogen (secondary N) is 1. The third-order valence-electron chi connectivity index (χ3n) is 3.21. The normalized spacial score (nSPS) is 12.6. The molecule has 8 heteroatoms. The third kappa shape index (κ3) is 4.27. The smallest absolute Gasteiger partial charge is 0.312 e. The Morgan fingerprint density at radius 3 is 2.61 bits per heavy atom. The first-order valence-corrected chi connectivity index (χ1v) is 8.19. The lowest BCUT2D eigenvalue weighted by molar-refractivity contribution is -0.138. The van der Waals surface area contributed by atoms with Crippen molar-refractivity contribution in [1.29, 1.82) is 0 Å². The van der Waals surface area contributed by atoms with Gasteiger partial charge in [-0.25, -0.2) is 13.1 Å². The van der Waals surface area contributed by atoms with Gasteiger partial charge in [0.2, 0.25) is 10.0 Å². The fourth-order valence-electron chi connectivity index (χ4n) is 1.97. The first-order chi connectivity index (χ1) is 10.9. The fraction of sp³-hybridized carbons (Fsp3) is 0.200. The predicted molar refractivity (Wildman–Crippen MR) is 82.8 cm³/mol. The quantitative estimate of drug-likeness (QED) is 0.788. The number of pyridine rings is 1. The minimum Gasteiger partial charge on any atom is -0.495 e. The van der Waals surface area contributed by atoms with Gasteiger partial charge in [0.1, 0.15) is 10.6 Å². The number of methoxy groups -OCH3 is 1. The van der Waals surface area contributed by atoms with Gasteiger partial charge in [0.05, 0.1) is 19.2 Å². The number of sulfonamides is 1. The molecule has 0 aliphatic carbocycles. The molecule has 0 aliphatic rings. The molecule has 1 aromatic heterocycles. The Hall–Kier alpha value is -2.45. The van der Waals surface area contributed by atoms with Crippen LogP contribution < -0.4 is 9.46 Å². The highest BCUT2D eigenvalue weighted by atomic mass is 32.2. The summed E-state index contributed by atoms with van der Waals surface area (Å²) in [6.45, 7) is -0.265. The molecule has 1 atom stereocenters. The number of carbonyl (C=O) groups is 1. The molecule has 0 saturated heterocycles. The molecule has 0 radical (unpaired) electrons. The summed E-state index contributed by atoms with van der Waals surface area (Å²) in [6.07, 6.45) is 2.55. The first-order valence-electron chi connectivity index (χ1n) is 6.70. The number of hydrogen-bond donors (Lipinski definition) is 2. The van der Waals surface area contributed by atoms with E-state index in [1.54, 1.807) is 30.3 Å². The average Bonchev–Trinajstić information content (AvgIpc) is 2.55. The Morgan fingerprint density at radius 1 is 1.30 bits per heavy atom. The van der Waals surface area contributed by atoms with Gasteiger partial charge in [-0.1, -0.05) is 30.3 Å². The lowest BCUT2D eigenvalue weighted by Crippen LogP contribution is -2.31. The minimum atomic E-state index is -3.89. The first kappa shape index (κ1) is 16.9. The van der Waals surface area contributed by atoms with Crippen LogP contribution in [0.5, 0.6) is 5.75 Å². The van der Waals surface area contributed by atoms with Crippen LogP contribution in [0, 0.1) is 0 Å². The molecule has 0 aliphatic heterocycles. The van der Waals surface area contributed by atoms with Crippen molar-refractivity contribution in [2.24, 2.45) is 0 Å². The maximum absolute atomic E-state index is 12.3. The van der Waals surface area contributed by atoms with E-state index in [0.29, 0.717) is 11.3 Å². The molecule has 1 unspecified atom stereocenters. The van der Waals surface area contributed by atoms with Gasteiger partial charge in [0.15, 0.2) is 0 Å². The molecule has 0 spiro atoms.